The molecule has 21 heavy (non-hydrogen) atoms. The van der Waals surface area contributed by atoms with Gasteiger partial charge in [-0.15, -0.1) is 0 Å². The van der Waals surface area contributed by atoms with Crippen LogP contribution in [0.4, 0.5) is 8.78 Å². The SMILES string of the molecule is Cn1c(=O)oc2cc(S(=O)(=O)N3CC[C@H]3C(F)F)ccc21. The average molecular weight is 318 g/mol. The van der Waals surface area contributed by atoms with Crippen LogP contribution in [0.25, 0.3) is 11.1 Å². The van der Waals surface area contributed by atoms with E-state index in [0.29, 0.717) is 5.52 Å². The molecule has 114 valence electrons. The molecule has 0 bridgehead atoms. The number of alkyl halides is 2. The van der Waals surface area contributed by atoms with Crippen molar-refractivity contribution < 1.29 is 21.6 Å². The number of hydrogen-bond donors (Lipinski definition) is 0. The normalized spacial score (nSPS) is 20.1. The van der Waals surface area contributed by atoms with Crippen molar-refractivity contribution in [2.45, 2.75) is 23.8 Å². The third-order valence-corrected chi connectivity index (χ3v) is 5.60. The second-order valence-electron chi connectivity index (χ2n) is 4.86. The Morgan fingerprint density at radius 3 is 2.67 bits per heavy atom. The summed E-state index contributed by atoms with van der Waals surface area (Å²) in [6.45, 7) is 0.0636. The second-order valence-corrected chi connectivity index (χ2v) is 6.75. The van der Waals surface area contributed by atoms with Gasteiger partial charge in [0, 0.05) is 19.7 Å². The van der Waals surface area contributed by atoms with E-state index in [4.69, 9.17) is 4.42 Å². The van der Waals surface area contributed by atoms with Crippen LogP contribution in [0.15, 0.2) is 32.3 Å². The molecule has 0 saturated carbocycles. The van der Waals surface area contributed by atoms with E-state index in [9.17, 15) is 22.0 Å². The Kier molecular flexibility index (Phi) is 3.14. The molecule has 9 heteroatoms. The first-order valence-corrected chi connectivity index (χ1v) is 7.66. The largest absolute Gasteiger partial charge is 0.419 e. The van der Waals surface area contributed by atoms with Gasteiger partial charge in [-0.1, -0.05) is 0 Å². The summed E-state index contributed by atoms with van der Waals surface area (Å²) in [5.41, 5.74) is 0.547. The van der Waals surface area contributed by atoms with Gasteiger partial charge in [0.15, 0.2) is 5.58 Å². The predicted molar refractivity (Wildman–Crippen MR) is 69.8 cm³/mol. The summed E-state index contributed by atoms with van der Waals surface area (Å²) in [5, 5.41) is 0. The standard InChI is InChI=1S/C12H12F2N2O4S/c1-15-8-3-2-7(6-10(8)20-12(15)17)21(18,19)16-5-4-9(16)11(13)14/h2-3,6,9,11H,4-5H2,1H3/t9-/m0/s1. The summed E-state index contributed by atoms with van der Waals surface area (Å²) in [6.07, 6.45) is -2.58. The first-order chi connectivity index (χ1) is 9.82. The zero-order valence-electron chi connectivity index (χ0n) is 11.0. The molecule has 0 amide bonds. The van der Waals surface area contributed by atoms with Crippen molar-refractivity contribution >= 4 is 21.1 Å². The lowest BCUT2D eigenvalue weighted by molar-refractivity contribution is 0.0141. The third-order valence-electron chi connectivity index (χ3n) is 3.68. The fourth-order valence-electron chi connectivity index (χ4n) is 2.34. The number of oxazole rings is 1. The number of benzene rings is 1. The van der Waals surface area contributed by atoms with Crippen molar-refractivity contribution in [3.05, 3.63) is 28.7 Å². The molecule has 1 aromatic heterocycles. The molecule has 2 aromatic rings. The molecule has 1 aliphatic rings. The Balaban J connectivity index is 2.05. The van der Waals surface area contributed by atoms with Crippen molar-refractivity contribution in [3.8, 4) is 0 Å². The lowest BCUT2D eigenvalue weighted by atomic mass is 10.1. The van der Waals surface area contributed by atoms with Crippen LogP contribution in [0.3, 0.4) is 0 Å². The molecule has 0 aliphatic carbocycles. The first-order valence-electron chi connectivity index (χ1n) is 6.22. The van der Waals surface area contributed by atoms with E-state index in [0.717, 1.165) is 4.31 Å². The lowest BCUT2D eigenvalue weighted by Gasteiger charge is -2.38. The molecule has 0 spiro atoms. The molecule has 2 heterocycles. The molecule has 1 aromatic carbocycles. The number of hydrogen-bond acceptors (Lipinski definition) is 4. The Morgan fingerprint density at radius 1 is 1.38 bits per heavy atom. The van der Waals surface area contributed by atoms with Gasteiger partial charge in [0.25, 0.3) is 6.43 Å². The van der Waals surface area contributed by atoms with Gasteiger partial charge < -0.3 is 4.42 Å². The van der Waals surface area contributed by atoms with Crippen LogP contribution >= 0.6 is 0 Å². The fourth-order valence-corrected chi connectivity index (χ4v) is 4.01. The van der Waals surface area contributed by atoms with Gasteiger partial charge in [0.05, 0.1) is 16.5 Å². The van der Waals surface area contributed by atoms with E-state index in [1.807, 2.05) is 0 Å². The highest BCUT2D eigenvalue weighted by molar-refractivity contribution is 7.89. The minimum atomic E-state index is -4.01. The van der Waals surface area contributed by atoms with E-state index in [2.05, 4.69) is 0 Å². The maximum absolute atomic E-state index is 12.7. The van der Waals surface area contributed by atoms with E-state index >= 15 is 0 Å². The van der Waals surface area contributed by atoms with Gasteiger partial charge >= 0.3 is 5.76 Å². The minimum Gasteiger partial charge on any atom is -0.408 e. The van der Waals surface area contributed by atoms with Gasteiger partial charge in [-0.05, 0) is 18.6 Å². The summed E-state index contributed by atoms with van der Waals surface area (Å²) >= 11 is 0. The van der Waals surface area contributed by atoms with Crippen LogP contribution in [-0.2, 0) is 17.1 Å². The van der Waals surface area contributed by atoms with Gasteiger partial charge in [-0.2, -0.15) is 4.31 Å². The molecule has 1 aliphatic heterocycles. The van der Waals surface area contributed by atoms with Crippen molar-refractivity contribution in [2.75, 3.05) is 6.54 Å². The molecule has 0 unspecified atom stereocenters. The van der Waals surface area contributed by atoms with Crippen LogP contribution in [-0.4, -0.2) is 36.3 Å². The average Bonchev–Trinajstić information content (AvgIpc) is 2.62. The van der Waals surface area contributed by atoms with Gasteiger partial charge in [0.1, 0.15) is 0 Å². The van der Waals surface area contributed by atoms with E-state index < -0.39 is 28.2 Å². The van der Waals surface area contributed by atoms with Crippen LogP contribution in [0.5, 0.6) is 0 Å². The monoisotopic (exact) mass is 318 g/mol. The van der Waals surface area contributed by atoms with Crippen molar-refractivity contribution in [2.24, 2.45) is 7.05 Å². The second kappa shape index (κ2) is 4.63. The summed E-state index contributed by atoms with van der Waals surface area (Å²) in [6, 6.07) is 2.61. The Morgan fingerprint density at radius 2 is 2.10 bits per heavy atom. The Labute approximate surface area is 118 Å². The first kappa shape index (κ1) is 14.2. The zero-order valence-corrected chi connectivity index (χ0v) is 11.8. The number of rotatable bonds is 3. The van der Waals surface area contributed by atoms with Crippen molar-refractivity contribution in [1.82, 2.24) is 8.87 Å². The smallest absolute Gasteiger partial charge is 0.408 e. The highest BCUT2D eigenvalue weighted by Crippen LogP contribution is 2.31. The number of aryl methyl sites for hydroxylation is 1. The zero-order chi connectivity index (χ0) is 15.4. The quantitative estimate of drug-likeness (QED) is 0.851. The van der Waals surface area contributed by atoms with E-state index in [1.165, 1.54) is 29.8 Å². The molecule has 1 atom stereocenters. The Hall–Kier alpha value is -1.74. The highest BCUT2D eigenvalue weighted by Gasteiger charge is 2.43. The molecular formula is C12H12F2N2O4S. The number of nitrogens with zero attached hydrogens (tertiary/aromatic N) is 2. The van der Waals surface area contributed by atoms with E-state index in [1.54, 1.807) is 0 Å². The van der Waals surface area contributed by atoms with Gasteiger partial charge in [0.2, 0.25) is 10.0 Å². The molecule has 1 fully saturated rings. The van der Waals surface area contributed by atoms with Crippen molar-refractivity contribution in [3.63, 3.8) is 0 Å². The minimum absolute atomic E-state index is 0.0636. The van der Waals surface area contributed by atoms with Crippen molar-refractivity contribution in [1.29, 1.82) is 0 Å². The van der Waals surface area contributed by atoms with Gasteiger partial charge in [-0.3, -0.25) is 4.57 Å². The van der Waals surface area contributed by atoms with E-state index in [-0.39, 0.29) is 23.4 Å². The van der Waals surface area contributed by atoms with Crippen LogP contribution < -0.4 is 5.76 Å². The number of aromatic nitrogens is 1. The molecule has 6 nitrogen and oxygen atoms in total. The highest BCUT2D eigenvalue weighted by atomic mass is 32.2. The third kappa shape index (κ3) is 2.07. The van der Waals surface area contributed by atoms with Crippen LogP contribution in [0.1, 0.15) is 6.42 Å². The Bertz CT molecular complexity index is 856. The lowest BCUT2D eigenvalue weighted by Crippen LogP contribution is -2.54. The topological polar surface area (TPSA) is 72.5 Å². The summed E-state index contributed by atoms with van der Waals surface area (Å²) in [4.78, 5) is 11.2. The summed E-state index contributed by atoms with van der Waals surface area (Å²) in [7, 11) is -2.52. The number of halogens is 2. The summed E-state index contributed by atoms with van der Waals surface area (Å²) < 4.78 is 57.0. The number of sulfonamides is 1. The van der Waals surface area contributed by atoms with Gasteiger partial charge in [-0.25, -0.2) is 22.0 Å². The molecule has 1 saturated heterocycles. The maximum Gasteiger partial charge on any atom is 0.419 e. The molecule has 0 N–H and O–H groups in total. The number of fused-ring (bicyclic) bond motifs is 1. The molecule has 0 radical (unpaired) electrons. The maximum atomic E-state index is 12.7. The summed E-state index contributed by atoms with van der Waals surface area (Å²) in [5.74, 6) is -0.617. The molecule has 3 rings (SSSR count). The van der Waals surface area contributed by atoms with Crippen LogP contribution in [0, 0.1) is 0 Å². The molecular weight excluding hydrogens is 306 g/mol. The fraction of sp³-hybridized carbons (Fsp3) is 0.417. The van der Waals surface area contributed by atoms with Crippen LogP contribution in [0.2, 0.25) is 0 Å². The predicted octanol–water partition coefficient (Wildman–Crippen LogP) is 1.16.